The molecule has 0 saturated carbocycles. The molecule has 0 aromatic rings. The van der Waals surface area contributed by atoms with Crippen LogP contribution in [0.25, 0.3) is 0 Å². The Kier molecular flexibility index (Phi) is 20.4. The predicted octanol–water partition coefficient (Wildman–Crippen LogP) is 7.40. The second-order valence-corrected chi connectivity index (χ2v) is 10.1. The molecule has 3 unspecified atom stereocenters. The minimum Gasteiger partial charge on any atom is -0.376 e. The average molecular weight is 417 g/mol. The van der Waals surface area contributed by atoms with Crippen LogP contribution in [0.15, 0.2) is 0 Å². The van der Waals surface area contributed by atoms with Gasteiger partial charge in [-0.1, -0.05) is 99.3 Å². The summed E-state index contributed by atoms with van der Waals surface area (Å²) in [6.45, 7) is 16.0. The van der Waals surface area contributed by atoms with Gasteiger partial charge < -0.3 is 13.3 Å². The van der Waals surface area contributed by atoms with Crippen LogP contribution >= 0.6 is 0 Å². The third-order valence-electron chi connectivity index (χ3n) is 6.03. The molecule has 0 aliphatic carbocycles. The summed E-state index contributed by atoms with van der Waals surface area (Å²) in [6.07, 6.45) is 15.0. The zero-order valence-corrected chi connectivity index (χ0v) is 21.3. The largest absolute Gasteiger partial charge is 0.484 e. The van der Waals surface area contributed by atoms with Crippen molar-refractivity contribution in [3.63, 3.8) is 0 Å². The standard InChI is InChI=1S/C24H52O3Si/c1-7-13-16-22(10-4)19-25-28(26-20-23(11-5)17-14-8-2)27-21-24(12-6)18-15-9-3/h22-24,28H,7-21H2,1-6H3. The molecular formula is C24H52O3Si. The third kappa shape index (κ3) is 15.0. The molecule has 0 spiro atoms. The molecule has 4 heteroatoms. The van der Waals surface area contributed by atoms with Gasteiger partial charge in [0.2, 0.25) is 0 Å². The fourth-order valence-electron chi connectivity index (χ4n) is 3.48. The van der Waals surface area contributed by atoms with Crippen molar-refractivity contribution in [2.75, 3.05) is 19.8 Å². The number of hydrogen-bond donors (Lipinski definition) is 0. The molecule has 0 fully saturated rings. The quantitative estimate of drug-likeness (QED) is 0.182. The van der Waals surface area contributed by atoms with E-state index in [0.717, 1.165) is 19.8 Å². The first kappa shape index (κ1) is 28.1. The Hall–Kier alpha value is 0.0969. The second-order valence-electron chi connectivity index (χ2n) is 8.54. The van der Waals surface area contributed by atoms with E-state index in [9.17, 15) is 0 Å². The summed E-state index contributed by atoms with van der Waals surface area (Å²) in [5.74, 6) is 1.93. The van der Waals surface area contributed by atoms with Crippen molar-refractivity contribution in [2.24, 2.45) is 17.8 Å². The summed E-state index contributed by atoms with van der Waals surface area (Å²) in [6, 6.07) is 0. The SMILES string of the molecule is CCCCC(CC)CO[SiH](OCC(CC)CCCC)OCC(CC)CCCC. The smallest absolute Gasteiger partial charge is 0.376 e. The molecule has 0 bridgehead atoms. The fraction of sp³-hybridized carbons (Fsp3) is 1.00. The lowest BCUT2D eigenvalue weighted by Crippen LogP contribution is -2.33. The van der Waals surface area contributed by atoms with Gasteiger partial charge in [-0.15, -0.1) is 0 Å². The zero-order valence-electron chi connectivity index (χ0n) is 20.1. The Morgan fingerprint density at radius 2 is 0.786 bits per heavy atom. The Morgan fingerprint density at radius 3 is 1.00 bits per heavy atom. The maximum atomic E-state index is 6.29. The first-order chi connectivity index (χ1) is 13.6. The van der Waals surface area contributed by atoms with Crippen LogP contribution in [0.4, 0.5) is 0 Å². The first-order valence-corrected chi connectivity index (χ1v) is 13.9. The maximum Gasteiger partial charge on any atom is 0.484 e. The van der Waals surface area contributed by atoms with E-state index in [0.29, 0.717) is 17.8 Å². The van der Waals surface area contributed by atoms with Crippen LogP contribution < -0.4 is 0 Å². The molecule has 0 rings (SSSR count). The van der Waals surface area contributed by atoms with Crippen molar-refractivity contribution in [2.45, 2.75) is 119 Å². The van der Waals surface area contributed by atoms with Gasteiger partial charge in [-0.2, -0.15) is 0 Å². The predicted molar refractivity (Wildman–Crippen MR) is 125 cm³/mol. The minimum atomic E-state index is -2.05. The van der Waals surface area contributed by atoms with Gasteiger partial charge in [-0.3, -0.25) is 0 Å². The molecule has 0 saturated heterocycles. The van der Waals surface area contributed by atoms with Gasteiger partial charge in [0.25, 0.3) is 0 Å². The molecule has 0 N–H and O–H groups in total. The van der Waals surface area contributed by atoms with Gasteiger partial charge in [-0.05, 0) is 37.0 Å². The highest BCUT2D eigenvalue weighted by atomic mass is 28.3. The molecule has 0 radical (unpaired) electrons. The number of hydrogen-bond acceptors (Lipinski definition) is 3. The number of rotatable bonds is 21. The van der Waals surface area contributed by atoms with Crippen LogP contribution in [0.5, 0.6) is 0 Å². The van der Waals surface area contributed by atoms with Crippen molar-refractivity contribution < 1.29 is 13.3 Å². The van der Waals surface area contributed by atoms with Crippen molar-refractivity contribution in [1.82, 2.24) is 0 Å². The summed E-state index contributed by atoms with van der Waals surface area (Å²) in [5, 5.41) is 0. The molecule has 28 heavy (non-hydrogen) atoms. The van der Waals surface area contributed by atoms with Crippen molar-refractivity contribution >= 4 is 9.53 Å². The Morgan fingerprint density at radius 1 is 0.500 bits per heavy atom. The lowest BCUT2D eigenvalue weighted by Gasteiger charge is -2.24. The topological polar surface area (TPSA) is 27.7 Å². The van der Waals surface area contributed by atoms with Gasteiger partial charge in [-0.25, -0.2) is 0 Å². The monoisotopic (exact) mass is 416 g/mol. The lowest BCUT2D eigenvalue weighted by molar-refractivity contribution is 0.0534. The highest BCUT2D eigenvalue weighted by molar-refractivity contribution is 6.36. The van der Waals surface area contributed by atoms with E-state index in [2.05, 4.69) is 41.5 Å². The molecule has 3 nitrogen and oxygen atoms in total. The molecule has 170 valence electrons. The lowest BCUT2D eigenvalue weighted by atomic mass is 10.0. The van der Waals surface area contributed by atoms with Crippen molar-refractivity contribution in [3.8, 4) is 0 Å². The molecule has 0 aliphatic rings. The van der Waals surface area contributed by atoms with Gasteiger partial charge >= 0.3 is 9.53 Å². The van der Waals surface area contributed by atoms with Crippen LogP contribution in [0.1, 0.15) is 119 Å². The van der Waals surface area contributed by atoms with Crippen LogP contribution in [0.2, 0.25) is 0 Å². The van der Waals surface area contributed by atoms with E-state index in [4.69, 9.17) is 13.3 Å². The average Bonchev–Trinajstić information content (AvgIpc) is 2.73. The van der Waals surface area contributed by atoms with E-state index < -0.39 is 9.53 Å². The normalized spacial score (nSPS) is 16.1. The molecule has 0 aromatic carbocycles. The highest BCUT2D eigenvalue weighted by Gasteiger charge is 2.21. The van der Waals surface area contributed by atoms with E-state index >= 15 is 0 Å². The number of unbranched alkanes of at least 4 members (excludes halogenated alkanes) is 3. The van der Waals surface area contributed by atoms with Crippen LogP contribution in [0, 0.1) is 17.8 Å². The molecule has 3 atom stereocenters. The zero-order chi connectivity index (χ0) is 21.0. The van der Waals surface area contributed by atoms with E-state index in [1.54, 1.807) is 0 Å². The van der Waals surface area contributed by atoms with Crippen molar-refractivity contribution in [1.29, 1.82) is 0 Å². The minimum absolute atomic E-state index is 0.645. The Bertz CT molecular complexity index is 267. The summed E-state index contributed by atoms with van der Waals surface area (Å²) < 4.78 is 18.9. The van der Waals surface area contributed by atoms with Gasteiger partial charge in [0, 0.05) is 19.8 Å². The second kappa shape index (κ2) is 20.4. The maximum absolute atomic E-state index is 6.29. The van der Waals surface area contributed by atoms with Gasteiger partial charge in [0.05, 0.1) is 0 Å². The fourth-order valence-corrected chi connectivity index (χ4v) is 5.06. The van der Waals surface area contributed by atoms with Crippen LogP contribution in [0.3, 0.4) is 0 Å². The summed E-state index contributed by atoms with van der Waals surface area (Å²) in [7, 11) is -2.05. The summed E-state index contributed by atoms with van der Waals surface area (Å²) in [4.78, 5) is 0. The Balaban J connectivity index is 4.60. The van der Waals surface area contributed by atoms with E-state index in [1.807, 2.05) is 0 Å². The third-order valence-corrected chi connectivity index (χ3v) is 7.43. The molecule has 0 aliphatic heterocycles. The van der Waals surface area contributed by atoms with Gasteiger partial charge in [0.15, 0.2) is 0 Å². The van der Waals surface area contributed by atoms with E-state index in [-0.39, 0.29) is 0 Å². The molecule has 0 aromatic heterocycles. The summed E-state index contributed by atoms with van der Waals surface area (Å²) in [5.41, 5.74) is 0. The Labute approximate surface area is 179 Å². The van der Waals surface area contributed by atoms with E-state index in [1.165, 1.54) is 77.0 Å². The molecule has 0 heterocycles. The van der Waals surface area contributed by atoms with Crippen LogP contribution in [-0.4, -0.2) is 29.3 Å². The molecular weight excluding hydrogens is 364 g/mol. The molecule has 0 amide bonds. The highest BCUT2D eigenvalue weighted by Crippen LogP contribution is 2.18. The van der Waals surface area contributed by atoms with Crippen molar-refractivity contribution in [3.05, 3.63) is 0 Å². The van der Waals surface area contributed by atoms with Crippen LogP contribution in [-0.2, 0) is 13.3 Å². The van der Waals surface area contributed by atoms with Gasteiger partial charge in [0.1, 0.15) is 0 Å². The first-order valence-electron chi connectivity index (χ1n) is 12.5. The summed E-state index contributed by atoms with van der Waals surface area (Å²) >= 11 is 0.